The number of anilines is 1. The Hall–Kier alpha value is -2.91. The number of benzene rings is 2. The first kappa shape index (κ1) is 21.8. The molecule has 2 N–H and O–H groups in total. The van der Waals surface area contributed by atoms with Crippen LogP contribution in [-0.2, 0) is 14.8 Å². The molecule has 0 aliphatic carbocycles. The van der Waals surface area contributed by atoms with Crippen molar-refractivity contribution in [3.05, 3.63) is 59.2 Å². The summed E-state index contributed by atoms with van der Waals surface area (Å²) in [6, 6.07) is 10.2. The Kier molecular flexibility index (Phi) is 6.14. The summed E-state index contributed by atoms with van der Waals surface area (Å²) in [7, 11) is -4.12. The molecule has 2 aromatic carbocycles. The molecule has 3 rings (SSSR count). The van der Waals surface area contributed by atoms with E-state index in [2.05, 4.69) is 4.72 Å². The largest absolute Gasteiger partial charge is 0.478 e. The molecule has 30 heavy (non-hydrogen) atoms. The number of morpholine rings is 1. The molecule has 1 fully saturated rings. The highest BCUT2D eigenvalue weighted by molar-refractivity contribution is 7.92. The first-order valence-corrected chi connectivity index (χ1v) is 11.0. The minimum Gasteiger partial charge on any atom is -0.478 e. The first-order valence-electron chi connectivity index (χ1n) is 9.49. The molecule has 0 saturated carbocycles. The fraction of sp³-hybridized carbons (Fsp3) is 0.333. The van der Waals surface area contributed by atoms with Gasteiger partial charge in [0.2, 0.25) is 0 Å². The zero-order valence-electron chi connectivity index (χ0n) is 17.0. The summed E-state index contributed by atoms with van der Waals surface area (Å²) < 4.78 is 34.1. The molecule has 2 atom stereocenters. The van der Waals surface area contributed by atoms with Crippen molar-refractivity contribution in [2.24, 2.45) is 0 Å². The number of carboxylic acids is 1. The number of nitrogens with zero attached hydrogens (tertiary/aromatic N) is 1. The number of ether oxygens (including phenoxy) is 1. The van der Waals surface area contributed by atoms with Crippen molar-refractivity contribution in [1.82, 2.24) is 4.90 Å². The van der Waals surface area contributed by atoms with E-state index in [1.165, 1.54) is 18.2 Å². The Morgan fingerprint density at radius 2 is 1.73 bits per heavy atom. The third-order valence-corrected chi connectivity index (χ3v) is 6.34. The van der Waals surface area contributed by atoms with Crippen LogP contribution >= 0.6 is 0 Å². The average molecular weight is 432 g/mol. The number of carbonyl (C=O) groups is 2. The van der Waals surface area contributed by atoms with Gasteiger partial charge in [0.1, 0.15) is 0 Å². The molecule has 1 aliphatic heterocycles. The number of sulfonamides is 1. The van der Waals surface area contributed by atoms with Crippen LogP contribution in [0.25, 0.3) is 0 Å². The van der Waals surface area contributed by atoms with Crippen LogP contribution in [0.15, 0.2) is 47.4 Å². The van der Waals surface area contributed by atoms with Gasteiger partial charge < -0.3 is 14.7 Å². The Morgan fingerprint density at radius 1 is 1.10 bits per heavy atom. The predicted molar refractivity (Wildman–Crippen MR) is 111 cm³/mol. The van der Waals surface area contributed by atoms with Gasteiger partial charge in [-0.1, -0.05) is 18.2 Å². The third kappa shape index (κ3) is 4.63. The fourth-order valence-corrected chi connectivity index (χ4v) is 4.85. The molecule has 160 valence electrons. The van der Waals surface area contributed by atoms with Crippen LogP contribution in [0.3, 0.4) is 0 Å². The summed E-state index contributed by atoms with van der Waals surface area (Å²) in [6.07, 6.45) is -0.245. The zero-order chi connectivity index (χ0) is 22.1. The van der Waals surface area contributed by atoms with E-state index in [4.69, 9.17) is 4.74 Å². The molecule has 1 aliphatic rings. The van der Waals surface area contributed by atoms with E-state index in [0.717, 1.165) is 6.07 Å². The Bertz CT molecular complexity index is 1070. The second-order valence-corrected chi connectivity index (χ2v) is 9.05. The van der Waals surface area contributed by atoms with Crippen LogP contribution in [-0.4, -0.2) is 55.6 Å². The molecule has 8 nitrogen and oxygen atoms in total. The number of hydrogen-bond acceptors (Lipinski definition) is 5. The van der Waals surface area contributed by atoms with Gasteiger partial charge in [0.15, 0.2) is 0 Å². The number of nitrogens with one attached hydrogen (secondary N) is 1. The van der Waals surface area contributed by atoms with E-state index in [1.54, 1.807) is 30.0 Å². The molecule has 2 aromatic rings. The highest BCUT2D eigenvalue weighted by Crippen LogP contribution is 2.25. The SMILES string of the molecule is Cc1ccc(C(=O)O)cc1S(=O)(=O)Nc1ccccc1C(=O)N1C[C@@H](C)O[C@H](C)C1. The van der Waals surface area contributed by atoms with Crippen molar-refractivity contribution in [2.75, 3.05) is 17.8 Å². The number of hydrogen-bond donors (Lipinski definition) is 2. The summed E-state index contributed by atoms with van der Waals surface area (Å²) in [5, 5.41) is 9.18. The highest BCUT2D eigenvalue weighted by Gasteiger charge is 2.29. The molecule has 9 heteroatoms. The van der Waals surface area contributed by atoms with Crippen LogP contribution < -0.4 is 4.72 Å². The first-order chi connectivity index (χ1) is 14.1. The van der Waals surface area contributed by atoms with Gasteiger partial charge in [0, 0.05) is 13.1 Å². The quantitative estimate of drug-likeness (QED) is 0.751. The Balaban J connectivity index is 1.94. The molecule has 1 heterocycles. The second-order valence-electron chi connectivity index (χ2n) is 7.40. The standard InChI is InChI=1S/C21H24N2O6S/c1-13-8-9-16(21(25)26)10-19(13)30(27,28)22-18-7-5-4-6-17(18)20(24)23-11-14(2)29-15(3)12-23/h4-10,14-15,22H,11-12H2,1-3H3,(H,25,26)/t14-,15-/m1/s1. The number of para-hydroxylation sites is 1. The van der Waals surface area contributed by atoms with E-state index in [9.17, 15) is 23.1 Å². The van der Waals surface area contributed by atoms with Gasteiger partial charge in [0.05, 0.1) is 33.9 Å². The summed E-state index contributed by atoms with van der Waals surface area (Å²) in [5.41, 5.74) is 0.609. The maximum absolute atomic E-state index is 13.1. The molecule has 1 saturated heterocycles. The van der Waals surface area contributed by atoms with Crippen LogP contribution in [0.2, 0.25) is 0 Å². The van der Waals surface area contributed by atoms with Gasteiger partial charge in [-0.25, -0.2) is 13.2 Å². The number of aromatic carboxylic acids is 1. The van der Waals surface area contributed by atoms with Crippen LogP contribution in [0.4, 0.5) is 5.69 Å². The second kappa shape index (κ2) is 8.45. The van der Waals surface area contributed by atoms with Crippen molar-refractivity contribution in [2.45, 2.75) is 37.9 Å². The van der Waals surface area contributed by atoms with E-state index >= 15 is 0 Å². The maximum atomic E-state index is 13.1. The monoisotopic (exact) mass is 432 g/mol. The number of rotatable bonds is 5. The Morgan fingerprint density at radius 3 is 2.37 bits per heavy atom. The topological polar surface area (TPSA) is 113 Å². The lowest BCUT2D eigenvalue weighted by Crippen LogP contribution is -2.48. The minimum atomic E-state index is -4.12. The van der Waals surface area contributed by atoms with Gasteiger partial charge in [-0.2, -0.15) is 0 Å². The molecule has 0 aromatic heterocycles. The van der Waals surface area contributed by atoms with Gasteiger partial charge in [-0.05, 0) is 50.6 Å². The number of amides is 1. The molecule has 0 radical (unpaired) electrons. The molecule has 0 bridgehead atoms. The van der Waals surface area contributed by atoms with E-state index < -0.39 is 16.0 Å². The van der Waals surface area contributed by atoms with Crippen molar-refractivity contribution < 1.29 is 27.9 Å². The van der Waals surface area contributed by atoms with E-state index in [1.807, 2.05) is 13.8 Å². The zero-order valence-corrected chi connectivity index (χ0v) is 17.8. The van der Waals surface area contributed by atoms with Crippen LogP contribution in [0, 0.1) is 6.92 Å². The molecular formula is C21H24N2O6S. The molecule has 0 spiro atoms. The van der Waals surface area contributed by atoms with Crippen LogP contribution in [0.5, 0.6) is 0 Å². The number of carbonyl (C=O) groups excluding carboxylic acids is 1. The van der Waals surface area contributed by atoms with Crippen LogP contribution in [0.1, 0.15) is 40.1 Å². The van der Waals surface area contributed by atoms with Gasteiger partial charge >= 0.3 is 5.97 Å². The van der Waals surface area contributed by atoms with Gasteiger partial charge in [-0.3, -0.25) is 9.52 Å². The maximum Gasteiger partial charge on any atom is 0.335 e. The lowest BCUT2D eigenvalue weighted by atomic mass is 10.1. The average Bonchev–Trinajstić information content (AvgIpc) is 2.66. The normalized spacial score (nSPS) is 19.4. The lowest BCUT2D eigenvalue weighted by Gasteiger charge is -2.35. The lowest BCUT2D eigenvalue weighted by molar-refractivity contribution is -0.0585. The summed E-state index contributed by atoms with van der Waals surface area (Å²) in [5.74, 6) is -1.52. The van der Waals surface area contributed by atoms with Crippen molar-refractivity contribution in [3.8, 4) is 0 Å². The number of carboxylic acid groups (broad SMARTS) is 1. The molecular weight excluding hydrogens is 408 g/mol. The number of aryl methyl sites for hydroxylation is 1. The predicted octanol–water partition coefficient (Wildman–Crippen LogP) is 2.74. The summed E-state index contributed by atoms with van der Waals surface area (Å²) >= 11 is 0. The summed E-state index contributed by atoms with van der Waals surface area (Å²) in [6.45, 7) is 6.15. The van der Waals surface area contributed by atoms with E-state index in [-0.39, 0.29) is 39.8 Å². The van der Waals surface area contributed by atoms with Gasteiger partial charge in [-0.15, -0.1) is 0 Å². The van der Waals surface area contributed by atoms with Crippen molar-refractivity contribution in [3.63, 3.8) is 0 Å². The van der Waals surface area contributed by atoms with Gasteiger partial charge in [0.25, 0.3) is 15.9 Å². The minimum absolute atomic E-state index is 0.122. The highest BCUT2D eigenvalue weighted by atomic mass is 32.2. The Labute approximate surface area is 175 Å². The molecule has 0 unspecified atom stereocenters. The van der Waals surface area contributed by atoms with Crippen molar-refractivity contribution >= 4 is 27.6 Å². The summed E-state index contributed by atoms with van der Waals surface area (Å²) in [4.78, 5) is 25.8. The smallest absolute Gasteiger partial charge is 0.335 e. The fourth-order valence-electron chi connectivity index (χ4n) is 3.50. The molecule has 1 amide bonds. The van der Waals surface area contributed by atoms with Crippen molar-refractivity contribution in [1.29, 1.82) is 0 Å². The van der Waals surface area contributed by atoms with E-state index in [0.29, 0.717) is 18.7 Å². The third-order valence-electron chi connectivity index (χ3n) is 4.83.